The molecule has 0 saturated heterocycles. The van der Waals surface area contributed by atoms with Gasteiger partial charge in [-0.2, -0.15) is 0 Å². The van der Waals surface area contributed by atoms with Gasteiger partial charge in [-0.3, -0.25) is 9.59 Å². The Morgan fingerprint density at radius 2 is 0.976 bits per heavy atom. The van der Waals surface area contributed by atoms with Crippen LogP contribution in [-0.4, -0.2) is 20.9 Å². The van der Waals surface area contributed by atoms with Gasteiger partial charge in [0.05, 0.1) is 10.2 Å². The second-order valence-corrected chi connectivity index (χ2v) is 11.8. The summed E-state index contributed by atoms with van der Waals surface area (Å²) in [5.41, 5.74) is 3.65. The van der Waals surface area contributed by atoms with E-state index >= 15 is 0 Å². The Hall–Kier alpha value is -4.36. The van der Waals surface area contributed by atoms with Crippen LogP contribution in [0.1, 0.15) is 43.9 Å². The zero-order valence-corrected chi connectivity index (χ0v) is 23.7. The fraction of sp³-hybridized carbons (Fsp3) is 0.0571. The van der Waals surface area contributed by atoms with Gasteiger partial charge >= 0.3 is 0 Å². The van der Waals surface area contributed by atoms with Crippen LogP contribution in [0.5, 0.6) is 0 Å². The summed E-state index contributed by atoms with van der Waals surface area (Å²) in [6.07, 6.45) is 0. The maximum absolute atomic E-state index is 14.5. The van der Waals surface area contributed by atoms with Crippen molar-refractivity contribution in [2.75, 3.05) is 0 Å². The molecule has 0 radical (unpaired) electrons. The highest BCUT2D eigenvalue weighted by molar-refractivity contribution is 7.99. The summed E-state index contributed by atoms with van der Waals surface area (Å²) in [5.74, 6) is -0.181. The third-order valence-electron chi connectivity index (χ3n) is 6.81. The Kier molecular flexibility index (Phi) is 8.14. The van der Waals surface area contributed by atoms with Gasteiger partial charge in [-0.15, -0.1) is 11.3 Å². The van der Waals surface area contributed by atoms with Crippen LogP contribution in [0.3, 0.4) is 0 Å². The van der Waals surface area contributed by atoms with Crippen LogP contribution in [0.25, 0.3) is 10.2 Å². The van der Waals surface area contributed by atoms with E-state index in [2.05, 4.69) is 0 Å². The van der Waals surface area contributed by atoms with Gasteiger partial charge in [0.2, 0.25) is 0 Å². The van der Waals surface area contributed by atoms with Gasteiger partial charge < -0.3 is 0 Å². The fourth-order valence-electron chi connectivity index (χ4n) is 4.85. The van der Waals surface area contributed by atoms with Gasteiger partial charge in [-0.25, -0.2) is 9.29 Å². The van der Waals surface area contributed by atoms with Crippen LogP contribution < -0.4 is 0 Å². The topological polar surface area (TPSA) is 50.3 Å². The molecule has 6 aromatic rings. The molecule has 6 rings (SSSR count). The molecule has 0 aliphatic rings. The van der Waals surface area contributed by atoms with Gasteiger partial charge in [-0.05, 0) is 35.2 Å². The first-order valence-corrected chi connectivity index (χ1v) is 14.9. The van der Waals surface area contributed by atoms with Crippen molar-refractivity contribution in [3.05, 3.63) is 168 Å². The largest absolute Gasteiger partial charge is 0.292 e. The molecule has 5 aromatic carbocycles. The number of rotatable bonds is 10. The lowest BCUT2D eigenvalue weighted by atomic mass is 9.92. The van der Waals surface area contributed by atoms with Crippen LogP contribution in [0.15, 0.2) is 150 Å². The van der Waals surface area contributed by atoms with E-state index in [9.17, 15) is 9.59 Å². The van der Waals surface area contributed by atoms with Crippen LogP contribution >= 0.6 is 23.3 Å². The van der Waals surface area contributed by atoms with Gasteiger partial charge in [0.25, 0.3) is 0 Å². The molecular weight excluding hydrogens is 545 g/mol. The first-order valence-electron chi connectivity index (χ1n) is 13.3. The minimum Gasteiger partial charge on any atom is -0.292 e. The smallest absolute Gasteiger partial charge is 0.185 e. The molecule has 4 nitrogen and oxygen atoms in total. The summed E-state index contributed by atoms with van der Waals surface area (Å²) in [5, 5.41) is 0. The molecule has 1 aromatic heterocycles. The number of fused-ring (bicyclic) bond motifs is 1. The molecule has 0 aliphatic carbocycles. The summed E-state index contributed by atoms with van der Waals surface area (Å²) in [4.78, 5) is 33.8. The third kappa shape index (κ3) is 5.91. The molecule has 0 fully saturated rings. The van der Waals surface area contributed by atoms with E-state index in [-0.39, 0.29) is 11.6 Å². The summed E-state index contributed by atoms with van der Waals surface area (Å²) in [6, 6.07) is 44.4. The Labute approximate surface area is 247 Å². The van der Waals surface area contributed by atoms with E-state index in [4.69, 9.17) is 4.98 Å². The number of carbonyl (C=O) groups excluding carboxylic acids is 2. The zero-order valence-electron chi connectivity index (χ0n) is 22.0. The predicted octanol–water partition coefficient (Wildman–Crippen LogP) is 8.85. The molecular formula is C35H26N2O2S2. The normalized spacial score (nSPS) is 12.7. The Balaban J connectivity index is 1.56. The Morgan fingerprint density at radius 3 is 1.44 bits per heavy atom. The molecule has 0 spiro atoms. The van der Waals surface area contributed by atoms with E-state index < -0.39 is 12.1 Å². The van der Waals surface area contributed by atoms with Crippen LogP contribution in [-0.2, 0) is 0 Å². The lowest BCUT2D eigenvalue weighted by Gasteiger charge is -2.35. The van der Waals surface area contributed by atoms with Gasteiger partial charge in [0, 0.05) is 11.1 Å². The van der Waals surface area contributed by atoms with E-state index in [0.717, 1.165) is 25.7 Å². The van der Waals surface area contributed by atoms with Crippen molar-refractivity contribution >= 4 is 45.1 Å². The number of nitrogens with zero attached hydrogens (tertiary/aromatic N) is 2. The van der Waals surface area contributed by atoms with E-state index in [1.54, 1.807) is 11.3 Å². The van der Waals surface area contributed by atoms with E-state index in [1.807, 2.05) is 150 Å². The molecule has 1 heterocycles. The van der Waals surface area contributed by atoms with Crippen LogP contribution in [0.2, 0.25) is 0 Å². The number of para-hydroxylation sites is 1. The maximum Gasteiger partial charge on any atom is 0.185 e. The number of thiazole rings is 1. The first kappa shape index (κ1) is 26.8. The van der Waals surface area contributed by atoms with E-state index in [0.29, 0.717) is 11.1 Å². The third-order valence-corrected chi connectivity index (χ3v) is 9.00. The van der Waals surface area contributed by atoms with Crippen LogP contribution in [0, 0.1) is 0 Å². The highest BCUT2D eigenvalue weighted by Gasteiger charge is 2.39. The molecule has 0 N–H and O–H groups in total. The molecule has 2 atom stereocenters. The standard InChI is InChI=1S/C35H26N2O2S2/c38-33(27-19-9-3-10-20-27)31(25-15-5-1-6-16-25)37(41-35-36-29-23-13-14-24-30(29)40-35)32(26-17-7-2-8-18-26)34(39)28-21-11-4-12-22-28/h1-24,31-32H. The van der Waals surface area contributed by atoms with Crippen molar-refractivity contribution in [3.63, 3.8) is 0 Å². The SMILES string of the molecule is O=C(c1ccccc1)C(c1ccccc1)N(Sc1nc2ccccc2s1)C(C(=O)c1ccccc1)c1ccccc1. The van der Waals surface area contributed by atoms with Crippen molar-refractivity contribution in [1.82, 2.24) is 9.29 Å². The van der Waals surface area contributed by atoms with E-state index in [1.165, 1.54) is 11.9 Å². The Bertz CT molecular complexity index is 1630. The molecule has 0 bridgehead atoms. The number of benzene rings is 5. The summed E-state index contributed by atoms with van der Waals surface area (Å²) >= 11 is 2.92. The van der Waals surface area contributed by atoms with Crippen molar-refractivity contribution in [2.24, 2.45) is 0 Å². The first-order chi connectivity index (χ1) is 20.2. The number of Topliss-reactive ketones (excluding diaryl/α,β-unsaturated/α-hetero) is 2. The van der Waals surface area contributed by atoms with Crippen molar-refractivity contribution in [1.29, 1.82) is 0 Å². The highest BCUT2D eigenvalue weighted by atomic mass is 32.2. The van der Waals surface area contributed by atoms with Crippen molar-refractivity contribution in [3.8, 4) is 0 Å². The average Bonchev–Trinajstić information content (AvgIpc) is 3.45. The second-order valence-electron chi connectivity index (χ2n) is 9.49. The minimum absolute atomic E-state index is 0.0906. The van der Waals surface area contributed by atoms with Crippen molar-refractivity contribution < 1.29 is 9.59 Å². The molecule has 0 saturated carbocycles. The lowest BCUT2D eigenvalue weighted by Crippen LogP contribution is -2.36. The zero-order chi connectivity index (χ0) is 28.0. The molecule has 200 valence electrons. The minimum atomic E-state index is -0.770. The van der Waals surface area contributed by atoms with Gasteiger partial charge in [0.15, 0.2) is 15.9 Å². The summed E-state index contributed by atoms with van der Waals surface area (Å²) in [7, 11) is 0. The second kappa shape index (κ2) is 12.4. The summed E-state index contributed by atoms with van der Waals surface area (Å²) in [6.45, 7) is 0. The van der Waals surface area contributed by atoms with Gasteiger partial charge in [-0.1, -0.05) is 133 Å². The molecule has 6 heteroatoms. The van der Waals surface area contributed by atoms with Crippen LogP contribution in [0.4, 0.5) is 0 Å². The number of aromatic nitrogens is 1. The van der Waals surface area contributed by atoms with Crippen molar-refractivity contribution in [2.45, 2.75) is 16.4 Å². The molecule has 0 aliphatic heterocycles. The summed E-state index contributed by atoms with van der Waals surface area (Å²) < 4.78 is 3.76. The molecule has 0 amide bonds. The fourth-order valence-corrected chi connectivity index (χ4v) is 7.19. The number of hydrogen-bond donors (Lipinski definition) is 0. The monoisotopic (exact) mass is 570 g/mol. The molecule has 41 heavy (non-hydrogen) atoms. The maximum atomic E-state index is 14.5. The number of hydrogen-bond acceptors (Lipinski definition) is 6. The number of carbonyl (C=O) groups is 2. The Morgan fingerprint density at radius 1 is 0.561 bits per heavy atom. The predicted molar refractivity (Wildman–Crippen MR) is 167 cm³/mol. The average molecular weight is 571 g/mol. The quantitative estimate of drug-likeness (QED) is 0.122. The lowest BCUT2D eigenvalue weighted by molar-refractivity contribution is 0.0805. The number of ketones is 2. The highest BCUT2D eigenvalue weighted by Crippen LogP contribution is 2.45. The van der Waals surface area contributed by atoms with Gasteiger partial charge in [0.1, 0.15) is 12.1 Å². The molecule has 2 unspecified atom stereocenters.